The number of aryl methyl sites for hydroxylation is 1. The monoisotopic (exact) mass is 360 g/mol. The van der Waals surface area contributed by atoms with Crippen molar-refractivity contribution < 1.29 is 4.79 Å². The van der Waals surface area contributed by atoms with Crippen LogP contribution in [0.5, 0.6) is 0 Å². The standard InChI is InChI=1S/C22H24N4O/c1-16(17-6-3-2-4-7-17)26-13-11-21(25-26)24-22(27)19-9-10-20-15-23-12-5-8-18(20)14-19/h2-4,6-7,9-11,13-14,16,23H,5,8,12,15H2,1H3,(H,24,25,27). The molecule has 0 fully saturated rings. The van der Waals surface area contributed by atoms with E-state index in [1.54, 1.807) is 0 Å². The molecule has 1 aliphatic heterocycles. The lowest BCUT2D eigenvalue weighted by atomic mass is 10.0. The summed E-state index contributed by atoms with van der Waals surface area (Å²) in [6.07, 6.45) is 4.00. The average molecular weight is 360 g/mol. The molecule has 1 atom stereocenters. The van der Waals surface area contributed by atoms with Gasteiger partial charge in [-0.05, 0) is 55.1 Å². The highest BCUT2D eigenvalue weighted by atomic mass is 16.1. The van der Waals surface area contributed by atoms with Gasteiger partial charge in [-0.15, -0.1) is 0 Å². The van der Waals surface area contributed by atoms with Crippen molar-refractivity contribution in [3.8, 4) is 0 Å². The third kappa shape index (κ3) is 3.93. The smallest absolute Gasteiger partial charge is 0.256 e. The first-order valence-electron chi connectivity index (χ1n) is 9.45. The second-order valence-electron chi connectivity index (χ2n) is 6.99. The maximum atomic E-state index is 12.7. The molecule has 1 amide bonds. The van der Waals surface area contributed by atoms with Gasteiger partial charge in [0.1, 0.15) is 0 Å². The Labute approximate surface area is 159 Å². The fraction of sp³-hybridized carbons (Fsp3) is 0.273. The second-order valence-corrected chi connectivity index (χ2v) is 6.99. The van der Waals surface area contributed by atoms with Gasteiger partial charge in [0.05, 0.1) is 6.04 Å². The summed E-state index contributed by atoms with van der Waals surface area (Å²) in [5, 5.41) is 10.9. The summed E-state index contributed by atoms with van der Waals surface area (Å²) in [6.45, 7) is 3.99. The summed E-state index contributed by atoms with van der Waals surface area (Å²) in [5.74, 6) is 0.451. The largest absolute Gasteiger partial charge is 0.313 e. The zero-order chi connectivity index (χ0) is 18.6. The molecule has 1 unspecified atom stereocenters. The maximum absolute atomic E-state index is 12.7. The van der Waals surface area contributed by atoms with Gasteiger partial charge in [0.15, 0.2) is 5.82 Å². The van der Waals surface area contributed by atoms with Gasteiger partial charge in [-0.3, -0.25) is 9.48 Å². The third-order valence-corrected chi connectivity index (χ3v) is 5.11. The molecule has 2 N–H and O–H groups in total. The highest BCUT2D eigenvalue weighted by Crippen LogP contribution is 2.20. The van der Waals surface area contributed by atoms with Crippen molar-refractivity contribution in [1.82, 2.24) is 15.1 Å². The minimum atomic E-state index is -0.118. The number of anilines is 1. The number of benzene rings is 2. The summed E-state index contributed by atoms with van der Waals surface area (Å²) < 4.78 is 1.87. The molecule has 1 aliphatic rings. The molecule has 27 heavy (non-hydrogen) atoms. The van der Waals surface area contributed by atoms with Crippen LogP contribution >= 0.6 is 0 Å². The van der Waals surface area contributed by atoms with Crippen LogP contribution in [0.15, 0.2) is 60.8 Å². The molecule has 0 aliphatic carbocycles. The second kappa shape index (κ2) is 7.76. The minimum absolute atomic E-state index is 0.108. The molecule has 2 aromatic carbocycles. The first-order valence-corrected chi connectivity index (χ1v) is 9.45. The summed E-state index contributed by atoms with van der Waals surface area (Å²) in [6, 6.07) is 18.1. The fourth-order valence-corrected chi connectivity index (χ4v) is 3.49. The zero-order valence-corrected chi connectivity index (χ0v) is 15.5. The number of nitrogens with zero attached hydrogens (tertiary/aromatic N) is 2. The van der Waals surface area contributed by atoms with Gasteiger partial charge in [0.2, 0.25) is 0 Å². The SMILES string of the molecule is CC(c1ccccc1)n1ccc(NC(=O)c2ccc3c(c2)CCCNC3)n1. The van der Waals surface area contributed by atoms with Crippen LogP contribution in [-0.4, -0.2) is 22.2 Å². The molecular weight excluding hydrogens is 336 g/mol. The number of fused-ring (bicyclic) bond motifs is 1. The van der Waals surface area contributed by atoms with Gasteiger partial charge in [0, 0.05) is 24.4 Å². The van der Waals surface area contributed by atoms with Crippen molar-refractivity contribution in [2.24, 2.45) is 0 Å². The number of carbonyl (C=O) groups excluding carboxylic acids is 1. The maximum Gasteiger partial charge on any atom is 0.256 e. The van der Waals surface area contributed by atoms with E-state index in [1.165, 1.54) is 16.7 Å². The molecule has 0 radical (unpaired) electrons. The lowest BCUT2D eigenvalue weighted by Gasteiger charge is -2.12. The first kappa shape index (κ1) is 17.5. The van der Waals surface area contributed by atoms with E-state index in [0.717, 1.165) is 25.9 Å². The Hall–Kier alpha value is -2.92. The van der Waals surface area contributed by atoms with E-state index in [0.29, 0.717) is 11.4 Å². The number of hydrogen-bond donors (Lipinski definition) is 2. The molecular formula is C22H24N4O. The first-order chi connectivity index (χ1) is 13.2. The Bertz CT molecular complexity index is 932. The van der Waals surface area contributed by atoms with Crippen LogP contribution < -0.4 is 10.6 Å². The molecule has 5 nitrogen and oxygen atoms in total. The highest BCUT2D eigenvalue weighted by molar-refractivity contribution is 6.03. The van der Waals surface area contributed by atoms with Crippen LogP contribution in [0.3, 0.4) is 0 Å². The van der Waals surface area contributed by atoms with Gasteiger partial charge in [-0.1, -0.05) is 36.4 Å². The van der Waals surface area contributed by atoms with Crippen molar-refractivity contribution in [3.05, 3.63) is 83.0 Å². The molecule has 0 spiro atoms. The number of hydrogen-bond acceptors (Lipinski definition) is 3. The van der Waals surface area contributed by atoms with Gasteiger partial charge < -0.3 is 10.6 Å². The molecule has 5 heteroatoms. The molecule has 0 saturated heterocycles. The lowest BCUT2D eigenvalue weighted by Crippen LogP contribution is -2.15. The van der Waals surface area contributed by atoms with Gasteiger partial charge >= 0.3 is 0 Å². The molecule has 4 rings (SSSR count). The lowest BCUT2D eigenvalue weighted by molar-refractivity contribution is 0.102. The van der Waals surface area contributed by atoms with Gasteiger partial charge in [-0.25, -0.2) is 0 Å². The normalized spacial score (nSPS) is 14.9. The number of nitrogens with one attached hydrogen (secondary N) is 2. The Morgan fingerprint density at radius 2 is 2.00 bits per heavy atom. The van der Waals surface area contributed by atoms with Crippen LogP contribution in [0.1, 0.15) is 46.4 Å². The van der Waals surface area contributed by atoms with Gasteiger partial charge in [0.25, 0.3) is 5.91 Å². The van der Waals surface area contributed by atoms with Crippen molar-refractivity contribution in [2.45, 2.75) is 32.4 Å². The minimum Gasteiger partial charge on any atom is -0.313 e. The topological polar surface area (TPSA) is 59.0 Å². The van der Waals surface area contributed by atoms with Crippen LogP contribution in [-0.2, 0) is 13.0 Å². The van der Waals surface area contributed by atoms with Crippen molar-refractivity contribution in [2.75, 3.05) is 11.9 Å². The fourth-order valence-electron chi connectivity index (χ4n) is 3.49. The average Bonchev–Trinajstić information content (AvgIpc) is 3.03. The number of amides is 1. The van der Waals surface area contributed by atoms with E-state index in [4.69, 9.17) is 0 Å². The van der Waals surface area contributed by atoms with Crippen LogP contribution in [0.25, 0.3) is 0 Å². The van der Waals surface area contributed by atoms with Crippen LogP contribution in [0.4, 0.5) is 5.82 Å². The van der Waals surface area contributed by atoms with Crippen molar-refractivity contribution in [1.29, 1.82) is 0 Å². The summed E-state index contributed by atoms with van der Waals surface area (Å²) in [7, 11) is 0. The molecule has 0 saturated carbocycles. The Morgan fingerprint density at radius 1 is 1.15 bits per heavy atom. The zero-order valence-electron chi connectivity index (χ0n) is 15.5. The molecule has 0 bridgehead atoms. The van der Waals surface area contributed by atoms with Crippen LogP contribution in [0, 0.1) is 0 Å². The van der Waals surface area contributed by atoms with Crippen molar-refractivity contribution >= 4 is 11.7 Å². The van der Waals surface area contributed by atoms with E-state index in [9.17, 15) is 4.79 Å². The number of aromatic nitrogens is 2. The quantitative estimate of drug-likeness (QED) is 0.744. The summed E-state index contributed by atoms with van der Waals surface area (Å²) >= 11 is 0. The Balaban J connectivity index is 1.47. The van der Waals surface area contributed by atoms with E-state index in [2.05, 4.69) is 40.9 Å². The molecule has 3 aromatic rings. The van der Waals surface area contributed by atoms with Crippen molar-refractivity contribution in [3.63, 3.8) is 0 Å². The van der Waals surface area contributed by atoms with E-state index >= 15 is 0 Å². The summed E-state index contributed by atoms with van der Waals surface area (Å²) in [5.41, 5.74) is 4.40. The van der Waals surface area contributed by atoms with Crippen LogP contribution in [0.2, 0.25) is 0 Å². The van der Waals surface area contributed by atoms with Gasteiger partial charge in [-0.2, -0.15) is 5.10 Å². The molecule has 1 aromatic heterocycles. The predicted octanol–water partition coefficient (Wildman–Crippen LogP) is 3.78. The Kier molecular flexibility index (Phi) is 5.03. The van der Waals surface area contributed by atoms with E-state index in [1.807, 2.05) is 47.3 Å². The van der Waals surface area contributed by atoms with E-state index in [-0.39, 0.29) is 11.9 Å². The Morgan fingerprint density at radius 3 is 2.85 bits per heavy atom. The third-order valence-electron chi connectivity index (χ3n) is 5.11. The summed E-state index contributed by atoms with van der Waals surface area (Å²) in [4.78, 5) is 12.7. The molecule has 2 heterocycles. The number of carbonyl (C=O) groups is 1. The molecule has 138 valence electrons. The highest BCUT2D eigenvalue weighted by Gasteiger charge is 2.14. The number of rotatable bonds is 4. The predicted molar refractivity (Wildman–Crippen MR) is 107 cm³/mol. The van der Waals surface area contributed by atoms with E-state index < -0.39 is 0 Å².